The molecule has 0 amide bonds. The van der Waals surface area contributed by atoms with Gasteiger partial charge in [-0.3, -0.25) is 9.80 Å². The molecule has 0 aromatic rings. The minimum absolute atomic E-state index is 0.379. The number of hydrogen-bond acceptors (Lipinski definition) is 8. The maximum absolute atomic E-state index is 13.4. The van der Waals surface area contributed by atoms with E-state index in [-0.39, 0.29) is 11.9 Å². The van der Waals surface area contributed by atoms with Gasteiger partial charge in [0.25, 0.3) is 0 Å². The molecule has 1 aliphatic rings. The number of carbonyl (C=O) groups excluding carboxylic acids is 2. The first kappa shape index (κ1) is 36.8. The molecule has 0 aliphatic carbocycles. The Hall–Kier alpha value is -1.22. The van der Waals surface area contributed by atoms with Crippen LogP contribution in [0.4, 0.5) is 0 Å². The predicted molar refractivity (Wildman–Crippen MR) is 165 cm³/mol. The molecule has 1 fully saturated rings. The first-order chi connectivity index (χ1) is 18.7. The lowest BCUT2D eigenvalue weighted by molar-refractivity contribution is -0.179. The number of esters is 2. The summed E-state index contributed by atoms with van der Waals surface area (Å²) in [6.07, 6.45) is 13.5. The summed E-state index contributed by atoms with van der Waals surface area (Å²) in [7, 11) is 0. The van der Waals surface area contributed by atoms with Crippen molar-refractivity contribution < 1.29 is 19.1 Å². The van der Waals surface area contributed by atoms with Crippen LogP contribution in [0, 0.1) is 10.8 Å². The summed E-state index contributed by atoms with van der Waals surface area (Å²) in [6, 6.07) is 0. The van der Waals surface area contributed by atoms with Crippen molar-refractivity contribution in [1.29, 1.82) is 0 Å². The molecule has 0 saturated carbocycles. The summed E-state index contributed by atoms with van der Waals surface area (Å²) in [4.78, 5) is 30.9. The van der Waals surface area contributed by atoms with Gasteiger partial charge in [0, 0.05) is 37.0 Å². The second-order valence-corrected chi connectivity index (χ2v) is 13.8. The number of nitrogens with zero attached hydrogens (tertiary/aromatic N) is 2. The van der Waals surface area contributed by atoms with Crippen LogP contribution in [0.1, 0.15) is 132 Å². The average Bonchev–Trinajstić information content (AvgIpc) is 2.89. The molecule has 2 unspecified atom stereocenters. The molecule has 0 spiro atoms. The van der Waals surface area contributed by atoms with E-state index in [4.69, 9.17) is 20.9 Å². The smallest absolute Gasteiger partial charge is 0.341 e. The average molecular weight is 569 g/mol. The Kier molecular flexibility index (Phi) is 15.7. The van der Waals surface area contributed by atoms with Gasteiger partial charge in [0.15, 0.2) is 11.3 Å². The van der Waals surface area contributed by atoms with Crippen molar-refractivity contribution in [3.05, 3.63) is 0 Å². The normalized spacial score (nSPS) is 18.6. The van der Waals surface area contributed by atoms with E-state index in [1.165, 1.54) is 38.5 Å². The van der Waals surface area contributed by atoms with E-state index in [2.05, 4.69) is 13.8 Å². The van der Waals surface area contributed by atoms with Crippen LogP contribution < -0.4 is 11.5 Å². The van der Waals surface area contributed by atoms with Crippen molar-refractivity contribution in [2.75, 3.05) is 39.4 Å². The standard InChI is InChI=1S/C32H64N4O4/c1-9-11-13-15-17-19-25-39-27(37)31(33,29(3,4)5)35-21-23-36(24-22-35)32(34,30(6,7)8)28(38)40-26-20-18-16-14-12-10-2/h9-26,33-34H2,1-8H3. The van der Waals surface area contributed by atoms with E-state index >= 15 is 0 Å². The summed E-state index contributed by atoms with van der Waals surface area (Å²) in [6.45, 7) is 19.1. The maximum Gasteiger partial charge on any atom is 0.341 e. The van der Waals surface area contributed by atoms with Crippen LogP contribution in [0.15, 0.2) is 0 Å². The van der Waals surface area contributed by atoms with Gasteiger partial charge in [-0.25, -0.2) is 9.59 Å². The molecular formula is C32H64N4O4. The van der Waals surface area contributed by atoms with E-state index in [9.17, 15) is 9.59 Å². The number of unbranched alkanes of at least 4 members (excludes halogenated alkanes) is 10. The summed E-state index contributed by atoms with van der Waals surface area (Å²) in [5, 5.41) is 0. The fraction of sp³-hybridized carbons (Fsp3) is 0.938. The van der Waals surface area contributed by atoms with Gasteiger partial charge in [-0.05, 0) is 12.8 Å². The van der Waals surface area contributed by atoms with Gasteiger partial charge >= 0.3 is 11.9 Å². The minimum Gasteiger partial charge on any atom is -0.463 e. The van der Waals surface area contributed by atoms with Crippen molar-refractivity contribution in [2.45, 2.75) is 144 Å². The lowest BCUT2D eigenvalue weighted by atomic mass is 9.77. The van der Waals surface area contributed by atoms with Gasteiger partial charge in [-0.1, -0.05) is 120 Å². The second-order valence-electron chi connectivity index (χ2n) is 13.8. The molecule has 1 aliphatic heterocycles. The quantitative estimate of drug-likeness (QED) is 0.157. The Labute approximate surface area is 246 Å². The molecule has 1 heterocycles. The number of hydrogen-bond donors (Lipinski definition) is 2. The molecular weight excluding hydrogens is 504 g/mol. The highest BCUT2D eigenvalue weighted by Crippen LogP contribution is 2.37. The Morgan fingerprint density at radius 1 is 0.550 bits per heavy atom. The SMILES string of the molecule is CCCCCCCCOC(=O)C(N)(N1CCN(C(N)(C(=O)OCCCCCCCC)C(C)(C)C)CC1)C(C)(C)C. The lowest BCUT2D eigenvalue weighted by Crippen LogP contribution is -2.76. The van der Waals surface area contributed by atoms with Gasteiger partial charge in [-0.15, -0.1) is 0 Å². The highest BCUT2D eigenvalue weighted by Gasteiger charge is 2.56. The van der Waals surface area contributed by atoms with Crippen molar-refractivity contribution in [3.63, 3.8) is 0 Å². The van der Waals surface area contributed by atoms with Gasteiger partial charge in [0.05, 0.1) is 13.2 Å². The monoisotopic (exact) mass is 568 g/mol. The summed E-state index contributed by atoms with van der Waals surface area (Å²) in [5.41, 5.74) is 10.2. The molecule has 236 valence electrons. The van der Waals surface area contributed by atoms with Crippen molar-refractivity contribution >= 4 is 11.9 Å². The van der Waals surface area contributed by atoms with E-state index in [0.717, 1.165) is 38.5 Å². The fourth-order valence-electron chi connectivity index (χ4n) is 5.55. The summed E-state index contributed by atoms with van der Waals surface area (Å²) >= 11 is 0. The van der Waals surface area contributed by atoms with Gasteiger partial charge in [0.1, 0.15) is 0 Å². The van der Waals surface area contributed by atoms with E-state index in [1.807, 2.05) is 51.3 Å². The van der Waals surface area contributed by atoms with Gasteiger partial charge < -0.3 is 20.9 Å². The number of piperazine rings is 1. The van der Waals surface area contributed by atoms with E-state index in [1.54, 1.807) is 0 Å². The number of ether oxygens (including phenoxy) is 2. The van der Waals surface area contributed by atoms with E-state index in [0.29, 0.717) is 39.4 Å². The highest BCUT2D eigenvalue weighted by atomic mass is 16.5. The zero-order valence-electron chi connectivity index (χ0n) is 27.4. The van der Waals surface area contributed by atoms with Gasteiger partial charge in [-0.2, -0.15) is 0 Å². The van der Waals surface area contributed by atoms with Crippen LogP contribution in [0.3, 0.4) is 0 Å². The second kappa shape index (κ2) is 17.0. The molecule has 8 heteroatoms. The van der Waals surface area contributed by atoms with Crippen LogP contribution >= 0.6 is 0 Å². The van der Waals surface area contributed by atoms with Crippen LogP contribution in [0.25, 0.3) is 0 Å². The Morgan fingerprint density at radius 2 is 0.825 bits per heavy atom. The fourth-order valence-corrected chi connectivity index (χ4v) is 5.55. The molecule has 4 N–H and O–H groups in total. The summed E-state index contributed by atoms with van der Waals surface area (Å²) < 4.78 is 11.5. The van der Waals surface area contributed by atoms with Crippen LogP contribution in [-0.2, 0) is 19.1 Å². The summed E-state index contributed by atoms with van der Waals surface area (Å²) in [5.74, 6) is -0.759. The van der Waals surface area contributed by atoms with Crippen molar-refractivity contribution in [1.82, 2.24) is 9.80 Å². The van der Waals surface area contributed by atoms with Crippen molar-refractivity contribution in [2.24, 2.45) is 22.3 Å². The maximum atomic E-state index is 13.4. The largest absolute Gasteiger partial charge is 0.463 e. The highest BCUT2D eigenvalue weighted by molar-refractivity contribution is 5.82. The molecule has 0 radical (unpaired) electrons. The molecule has 0 bridgehead atoms. The third kappa shape index (κ3) is 9.95. The predicted octanol–water partition coefficient (Wildman–Crippen LogP) is 5.81. The van der Waals surface area contributed by atoms with E-state index < -0.39 is 22.2 Å². The molecule has 1 saturated heterocycles. The molecule has 40 heavy (non-hydrogen) atoms. The zero-order chi connectivity index (χ0) is 30.5. The number of rotatable bonds is 18. The third-order valence-corrected chi connectivity index (χ3v) is 8.65. The Morgan fingerprint density at radius 3 is 1.10 bits per heavy atom. The van der Waals surface area contributed by atoms with Crippen LogP contribution in [0.5, 0.6) is 0 Å². The minimum atomic E-state index is -1.28. The number of nitrogens with two attached hydrogens (primary N) is 2. The van der Waals surface area contributed by atoms with Gasteiger partial charge in [0.2, 0.25) is 0 Å². The van der Waals surface area contributed by atoms with Crippen LogP contribution in [-0.4, -0.2) is 72.5 Å². The lowest BCUT2D eigenvalue weighted by Gasteiger charge is -2.54. The van der Waals surface area contributed by atoms with Crippen LogP contribution in [0.2, 0.25) is 0 Å². The zero-order valence-corrected chi connectivity index (χ0v) is 27.4. The number of carbonyl (C=O) groups is 2. The molecule has 0 aromatic heterocycles. The first-order valence-corrected chi connectivity index (χ1v) is 16.1. The molecule has 0 aromatic carbocycles. The first-order valence-electron chi connectivity index (χ1n) is 16.1. The van der Waals surface area contributed by atoms with Crippen molar-refractivity contribution in [3.8, 4) is 0 Å². The Bertz CT molecular complexity index is 678. The third-order valence-electron chi connectivity index (χ3n) is 8.65. The molecule has 8 nitrogen and oxygen atoms in total. The topological polar surface area (TPSA) is 111 Å². The Balaban J connectivity index is 2.82. The molecule has 2 atom stereocenters. The molecule has 1 rings (SSSR count).